The molecule has 0 radical (unpaired) electrons. The molecule has 0 aromatic rings. The maximum atomic E-state index is 6.09. The standard InChI is InChI=1S/C13H30N2/c1-10(2)13(6,7)9-15-8-11(14)12(3,4)5/h10-11,15H,8-9,14H2,1-7H3. The van der Waals surface area contributed by atoms with E-state index < -0.39 is 0 Å². The predicted molar refractivity (Wildman–Crippen MR) is 68.9 cm³/mol. The quantitative estimate of drug-likeness (QED) is 0.738. The van der Waals surface area contributed by atoms with E-state index in [9.17, 15) is 0 Å². The van der Waals surface area contributed by atoms with Gasteiger partial charge in [-0.15, -0.1) is 0 Å². The fourth-order valence-corrected chi connectivity index (χ4v) is 1.06. The van der Waals surface area contributed by atoms with Gasteiger partial charge in [0, 0.05) is 19.1 Å². The first-order chi connectivity index (χ1) is 6.57. The summed E-state index contributed by atoms with van der Waals surface area (Å²) >= 11 is 0. The van der Waals surface area contributed by atoms with Crippen LogP contribution in [0.2, 0.25) is 0 Å². The number of rotatable bonds is 5. The van der Waals surface area contributed by atoms with E-state index in [2.05, 4.69) is 53.8 Å². The molecule has 0 spiro atoms. The Morgan fingerprint density at radius 2 is 1.53 bits per heavy atom. The van der Waals surface area contributed by atoms with Crippen molar-refractivity contribution in [1.29, 1.82) is 0 Å². The largest absolute Gasteiger partial charge is 0.326 e. The Bertz CT molecular complexity index is 177. The van der Waals surface area contributed by atoms with Crippen LogP contribution in [0.4, 0.5) is 0 Å². The van der Waals surface area contributed by atoms with Crippen molar-refractivity contribution in [2.75, 3.05) is 13.1 Å². The van der Waals surface area contributed by atoms with E-state index in [-0.39, 0.29) is 11.5 Å². The maximum Gasteiger partial charge on any atom is 0.0214 e. The first kappa shape index (κ1) is 14.9. The van der Waals surface area contributed by atoms with E-state index in [0.717, 1.165) is 13.1 Å². The summed E-state index contributed by atoms with van der Waals surface area (Å²) in [4.78, 5) is 0. The van der Waals surface area contributed by atoms with E-state index in [1.165, 1.54) is 0 Å². The third kappa shape index (κ3) is 5.53. The molecule has 0 saturated carbocycles. The average Bonchev–Trinajstić information content (AvgIpc) is 2.01. The molecule has 2 nitrogen and oxygen atoms in total. The third-order valence-electron chi connectivity index (χ3n) is 3.62. The van der Waals surface area contributed by atoms with Gasteiger partial charge in [-0.25, -0.2) is 0 Å². The zero-order chi connectivity index (χ0) is 12.3. The molecule has 0 aliphatic rings. The van der Waals surface area contributed by atoms with Gasteiger partial charge in [0.05, 0.1) is 0 Å². The summed E-state index contributed by atoms with van der Waals surface area (Å²) in [5.74, 6) is 0.691. The fraction of sp³-hybridized carbons (Fsp3) is 1.00. The third-order valence-corrected chi connectivity index (χ3v) is 3.62. The van der Waals surface area contributed by atoms with Crippen LogP contribution >= 0.6 is 0 Å². The molecule has 0 aromatic heterocycles. The van der Waals surface area contributed by atoms with Crippen LogP contribution in [-0.2, 0) is 0 Å². The molecule has 0 heterocycles. The maximum absolute atomic E-state index is 6.09. The molecule has 3 N–H and O–H groups in total. The van der Waals surface area contributed by atoms with Gasteiger partial charge in [0.1, 0.15) is 0 Å². The monoisotopic (exact) mass is 214 g/mol. The lowest BCUT2D eigenvalue weighted by Gasteiger charge is -2.32. The predicted octanol–water partition coefficient (Wildman–Crippen LogP) is 2.63. The highest BCUT2D eigenvalue weighted by Crippen LogP contribution is 2.24. The highest BCUT2D eigenvalue weighted by molar-refractivity contribution is 4.81. The van der Waals surface area contributed by atoms with Gasteiger partial charge in [-0.3, -0.25) is 0 Å². The van der Waals surface area contributed by atoms with Crippen molar-refractivity contribution in [2.45, 2.75) is 54.5 Å². The summed E-state index contributed by atoms with van der Waals surface area (Å²) in [6.07, 6.45) is 0. The van der Waals surface area contributed by atoms with E-state index in [1.54, 1.807) is 0 Å². The first-order valence-corrected chi connectivity index (χ1v) is 6.03. The second kappa shape index (κ2) is 5.31. The minimum absolute atomic E-state index is 0.189. The fourth-order valence-electron chi connectivity index (χ4n) is 1.06. The molecular formula is C13H30N2. The second-order valence-electron chi connectivity index (χ2n) is 6.75. The van der Waals surface area contributed by atoms with Crippen LogP contribution in [0.5, 0.6) is 0 Å². The molecule has 0 rings (SSSR count). The highest BCUT2D eigenvalue weighted by Gasteiger charge is 2.24. The Labute approximate surface area is 96.0 Å². The summed E-state index contributed by atoms with van der Waals surface area (Å²) in [6, 6.07) is 0.223. The van der Waals surface area contributed by atoms with Crippen LogP contribution < -0.4 is 11.1 Å². The lowest BCUT2D eigenvalue weighted by molar-refractivity contribution is 0.225. The molecule has 0 fully saturated rings. The molecule has 0 amide bonds. The average molecular weight is 214 g/mol. The Morgan fingerprint density at radius 1 is 1.07 bits per heavy atom. The SMILES string of the molecule is CC(C)C(C)(C)CNCC(N)C(C)(C)C. The van der Waals surface area contributed by atoms with Gasteiger partial charge in [-0.2, -0.15) is 0 Å². The smallest absolute Gasteiger partial charge is 0.0214 e. The zero-order valence-corrected chi connectivity index (χ0v) is 11.6. The topological polar surface area (TPSA) is 38.0 Å². The van der Waals surface area contributed by atoms with E-state index in [4.69, 9.17) is 5.73 Å². The normalized spacial score (nSPS) is 15.8. The summed E-state index contributed by atoms with van der Waals surface area (Å²) in [7, 11) is 0. The molecule has 1 atom stereocenters. The first-order valence-electron chi connectivity index (χ1n) is 6.03. The van der Waals surface area contributed by atoms with Gasteiger partial charge in [-0.05, 0) is 16.7 Å². The summed E-state index contributed by atoms with van der Waals surface area (Å²) in [5, 5.41) is 3.49. The van der Waals surface area contributed by atoms with Gasteiger partial charge < -0.3 is 11.1 Å². The number of hydrogen-bond acceptors (Lipinski definition) is 2. The van der Waals surface area contributed by atoms with Crippen molar-refractivity contribution < 1.29 is 0 Å². The number of nitrogens with one attached hydrogen (secondary N) is 1. The second-order valence-corrected chi connectivity index (χ2v) is 6.75. The molecule has 0 aliphatic carbocycles. The molecule has 2 heteroatoms. The minimum Gasteiger partial charge on any atom is -0.326 e. The summed E-state index contributed by atoms with van der Waals surface area (Å²) < 4.78 is 0. The number of nitrogens with two attached hydrogens (primary N) is 1. The molecule has 0 aliphatic heterocycles. The van der Waals surface area contributed by atoms with Gasteiger partial charge in [0.25, 0.3) is 0 Å². The minimum atomic E-state index is 0.189. The zero-order valence-electron chi connectivity index (χ0n) is 11.6. The van der Waals surface area contributed by atoms with Crippen LogP contribution in [0.1, 0.15) is 48.5 Å². The molecule has 92 valence electrons. The highest BCUT2D eigenvalue weighted by atomic mass is 14.9. The van der Waals surface area contributed by atoms with Crippen molar-refractivity contribution in [3.05, 3.63) is 0 Å². The van der Waals surface area contributed by atoms with Crippen molar-refractivity contribution in [1.82, 2.24) is 5.32 Å². The van der Waals surface area contributed by atoms with Gasteiger partial charge in [-0.1, -0.05) is 48.5 Å². The van der Waals surface area contributed by atoms with Crippen LogP contribution in [-0.4, -0.2) is 19.1 Å². The van der Waals surface area contributed by atoms with Crippen LogP contribution in [0.15, 0.2) is 0 Å². The lowest BCUT2D eigenvalue weighted by atomic mass is 9.81. The van der Waals surface area contributed by atoms with Gasteiger partial charge in [0.15, 0.2) is 0 Å². The van der Waals surface area contributed by atoms with Gasteiger partial charge in [0.2, 0.25) is 0 Å². The summed E-state index contributed by atoms with van der Waals surface area (Å²) in [6.45, 7) is 17.6. The molecule has 15 heavy (non-hydrogen) atoms. The van der Waals surface area contributed by atoms with E-state index >= 15 is 0 Å². The Balaban J connectivity index is 3.90. The van der Waals surface area contributed by atoms with Crippen LogP contribution in [0.3, 0.4) is 0 Å². The Kier molecular flexibility index (Phi) is 5.28. The summed E-state index contributed by atoms with van der Waals surface area (Å²) in [5.41, 5.74) is 6.63. The van der Waals surface area contributed by atoms with E-state index in [1.807, 2.05) is 0 Å². The van der Waals surface area contributed by atoms with Crippen molar-refractivity contribution >= 4 is 0 Å². The van der Waals surface area contributed by atoms with Gasteiger partial charge >= 0.3 is 0 Å². The van der Waals surface area contributed by atoms with Crippen LogP contribution in [0.25, 0.3) is 0 Å². The van der Waals surface area contributed by atoms with E-state index in [0.29, 0.717) is 11.3 Å². The molecular weight excluding hydrogens is 184 g/mol. The lowest BCUT2D eigenvalue weighted by Crippen LogP contribution is -2.46. The molecule has 1 unspecified atom stereocenters. The van der Waals surface area contributed by atoms with Crippen molar-refractivity contribution in [2.24, 2.45) is 22.5 Å². The van der Waals surface area contributed by atoms with Crippen molar-refractivity contribution in [3.8, 4) is 0 Å². The van der Waals surface area contributed by atoms with Crippen molar-refractivity contribution in [3.63, 3.8) is 0 Å². The molecule has 0 saturated heterocycles. The molecule has 0 bridgehead atoms. The Hall–Kier alpha value is -0.0800. The number of hydrogen-bond donors (Lipinski definition) is 2. The van der Waals surface area contributed by atoms with Crippen LogP contribution in [0, 0.1) is 16.7 Å². The molecule has 0 aromatic carbocycles. The Morgan fingerprint density at radius 3 is 1.87 bits per heavy atom.